The molecule has 3 rings (SSSR count). The molecule has 0 atom stereocenters. The molecule has 0 aliphatic rings. The molecule has 1 aromatic heterocycles. The lowest BCUT2D eigenvalue weighted by molar-refractivity contribution is 1.07. The molecule has 0 aliphatic heterocycles. The van der Waals surface area contributed by atoms with Crippen molar-refractivity contribution in [3.63, 3.8) is 0 Å². The van der Waals surface area contributed by atoms with Crippen molar-refractivity contribution in [2.45, 2.75) is 6.54 Å². The maximum absolute atomic E-state index is 5.63. The van der Waals surface area contributed by atoms with E-state index < -0.39 is 0 Å². The number of nitrogens with two attached hydrogens (primary N) is 1. The van der Waals surface area contributed by atoms with Crippen LogP contribution < -0.4 is 5.73 Å². The molecule has 0 bridgehead atoms. The van der Waals surface area contributed by atoms with Gasteiger partial charge in [0.2, 0.25) is 0 Å². The zero-order valence-electron chi connectivity index (χ0n) is 14.7. The lowest BCUT2D eigenvalue weighted by atomic mass is 10.2. The number of aliphatic imine (C=N–C) groups is 1. The number of nitrogens with zero attached hydrogens (tertiary/aromatic N) is 1. The van der Waals surface area contributed by atoms with Crippen LogP contribution in [0, 0.1) is 0 Å². The molecular formula is C21H23ClN2S2. The fourth-order valence-electron chi connectivity index (χ4n) is 1.95. The van der Waals surface area contributed by atoms with Crippen LogP contribution in [0.4, 0.5) is 0 Å². The molecule has 2 nitrogen and oxygen atoms in total. The Labute approximate surface area is 170 Å². The van der Waals surface area contributed by atoms with Crippen molar-refractivity contribution < 1.29 is 0 Å². The van der Waals surface area contributed by atoms with Gasteiger partial charge in [0, 0.05) is 11.6 Å². The molecule has 0 fully saturated rings. The molecule has 0 saturated heterocycles. The van der Waals surface area contributed by atoms with E-state index in [1.807, 2.05) is 66.1 Å². The molecule has 0 amide bonds. The topological polar surface area (TPSA) is 38.4 Å². The quantitative estimate of drug-likeness (QED) is 0.390. The van der Waals surface area contributed by atoms with Crippen LogP contribution in [0.1, 0.15) is 16.0 Å². The number of hydrogen-bond acceptors (Lipinski definition) is 4. The minimum Gasteiger partial charge on any atom is -0.326 e. The van der Waals surface area contributed by atoms with Gasteiger partial charge in [0.15, 0.2) is 0 Å². The summed E-state index contributed by atoms with van der Waals surface area (Å²) in [4.78, 5) is 5.19. The standard InChI is InChI=1S/C13H11NS.C7H8ClN.CH4S/c1-14-12(13-8-5-9-15-13)10-11-6-3-2-4-7-11;8-7-3-1-6(5-9)2-4-7;1-2/h2-10H,1H2;1-4H,5,9H2;2H,1H3/b12-10-;;. The predicted octanol–water partition coefficient (Wildman–Crippen LogP) is 6.29. The Balaban J connectivity index is 0.000000263. The van der Waals surface area contributed by atoms with Gasteiger partial charge in [-0.1, -0.05) is 60.1 Å². The van der Waals surface area contributed by atoms with Crippen LogP contribution >= 0.6 is 35.6 Å². The van der Waals surface area contributed by atoms with Crippen molar-refractivity contribution in [2.75, 3.05) is 6.26 Å². The monoisotopic (exact) mass is 402 g/mol. The lowest BCUT2D eigenvalue weighted by Crippen LogP contribution is -1.94. The second-order valence-corrected chi connectivity index (χ2v) is 6.29. The number of thiophene rings is 1. The van der Waals surface area contributed by atoms with Crippen molar-refractivity contribution in [1.82, 2.24) is 0 Å². The first-order valence-corrected chi connectivity index (χ1v) is 10.0. The zero-order valence-corrected chi connectivity index (χ0v) is 17.1. The van der Waals surface area contributed by atoms with Gasteiger partial charge in [-0.2, -0.15) is 12.6 Å². The first-order valence-electron chi connectivity index (χ1n) is 7.89. The predicted molar refractivity (Wildman–Crippen MR) is 122 cm³/mol. The Bertz CT molecular complexity index is 768. The number of halogens is 1. The number of thiol groups is 1. The van der Waals surface area contributed by atoms with Gasteiger partial charge >= 0.3 is 0 Å². The Hall–Kier alpha value is -1.85. The first kappa shape index (κ1) is 22.2. The van der Waals surface area contributed by atoms with Gasteiger partial charge < -0.3 is 5.73 Å². The van der Waals surface area contributed by atoms with Gasteiger partial charge in [0.1, 0.15) is 0 Å². The number of rotatable bonds is 4. The van der Waals surface area contributed by atoms with E-state index in [4.69, 9.17) is 17.3 Å². The van der Waals surface area contributed by atoms with Gasteiger partial charge in [0.25, 0.3) is 0 Å². The normalized spacial score (nSPS) is 10.1. The molecule has 0 spiro atoms. The van der Waals surface area contributed by atoms with Crippen molar-refractivity contribution >= 4 is 54.1 Å². The van der Waals surface area contributed by atoms with Crippen LogP contribution in [0.5, 0.6) is 0 Å². The van der Waals surface area contributed by atoms with Gasteiger partial charge in [-0.15, -0.1) is 11.3 Å². The summed E-state index contributed by atoms with van der Waals surface area (Å²) in [5.74, 6) is 0. The Morgan fingerprint density at radius 1 is 1.08 bits per heavy atom. The minimum absolute atomic E-state index is 0.581. The smallest absolute Gasteiger partial charge is 0.0800 e. The Morgan fingerprint density at radius 2 is 1.73 bits per heavy atom. The summed E-state index contributed by atoms with van der Waals surface area (Å²) in [5, 5.41) is 2.80. The molecular weight excluding hydrogens is 380 g/mol. The lowest BCUT2D eigenvalue weighted by Gasteiger charge is -1.97. The van der Waals surface area contributed by atoms with Crippen LogP contribution in [0.15, 0.2) is 77.1 Å². The third-order valence-electron chi connectivity index (χ3n) is 3.20. The van der Waals surface area contributed by atoms with Crippen molar-refractivity contribution in [1.29, 1.82) is 0 Å². The van der Waals surface area contributed by atoms with Crippen LogP contribution in [0.3, 0.4) is 0 Å². The molecule has 136 valence electrons. The Morgan fingerprint density at radius 3 is 2.23 bits per heavy atom. The molecule has 1 heterocycles. The summed E-state index contributed by atoms with van der Waals surface area (Å²) in [6.45, 7) is 4.18. The number of hydrogen-bond donors (Lipinski definition) is 2. The SMILES string of the molecule is C=N/C(=C\c1ccccc1)c1cccs1.CS.NCc1ccc(Cl)cc1. The van der Waals surface area contributed by atoms with Gasteiger partial charge in [-0.3, -0.25) is 4.99 Å². The molecule has 3 aromatic rings. The highest BCUT2D eigenvalue weighted by molar-refractivity contribution is 7.79. The molecule has 5 heteroatoms. The highest BCUT2D eigenvalue weighted by Gasteiger charge is 1.99. The number of benzene rings is 2. The van der Waals surface area contributed by atoms with E-state index >= 15 is 0 Å². The second kappa shape index (κ2) is 13.4. The first-order chi connectivity index (χ1) is 12.7. The third-order valence-corrected chi connectivity index (χ3v) is 4.34. The third kappa shape index (κ3) is 8.02. The van der Waals surface area contributed by atoms with Crippen LogP contribution in [0.2, 0.25) is 5.02 Å². The summed E-state index contributed by atoms with van der Waals surface area (Å²) < 4.78 is 0. The fraction of sp³-hybridized carbons (Fsp3) is 0.0952. The molecule has 2 N–H and O–H groups in total. The van der Waals surface area contributed by atoms with Gasteiger partial charge in [-0.05, 0) is 53.8 Å². The van der Waals surface area contributed by atoms with Crippen molar-refractivity contribution in [2.24, 2.45) is 10.7 Å². The van der Waals surface area contributed by atoms with Crippen molar-refractivity contribution in [3.8, 4) is 0 Å². The van der Waals surface area contributed by atoms with Crippen LogP contribution in [0.25, 0.3) is 11.8 Å². The zero-order chi connectivity index (χ0) is 19.2. The molecule has 0 saturated carbocycles. The van der Waals surface area contributed by atoms with E-state index in [1.165, 1.54) is 0 Å². The highest BCUT2D eigenvalue weighted by atomic mass is 35.5. The summed E-state index contributed by atoms with van der Waals surface area (Å²) in [6.07, 6.45) is 3.73. The fourth-order valence-corrected chi connectivity index (χ4v) is 2.78. The van der Waals surface area contributed by atoms with Crippen LogP contribution in [-0.4, -0.2) is 13.0 Å². The molecule has 2 aromatic carbocycles. The second-order valence-electron chi connectivity index (χ2n) is 4.91. The van der Waals surface area contributed by atoms with E-state index in [0.29, 0.717) is 6.54 Å². The van der Waals surface area contributed by atoms with Crippen LogP contribution in [-0.2, 0) is 6.54 Å². The average Bonchev–Trinajstić information content (AvgIpc) is 3.24. The maximum atomic E-state index is 5.63. The average molecular weight is 403 g/mol. The maximum Gasteiger partial charge on any atom is 0.0800 e. The highest BCUT2D eigenvalue weighted by Crippen LogP contribution is 2.23. The van der Waals surface area contributed by atoms with Crippen molar-refractivity contribution in [3.05, 3.63) is 93.1 Å². The van der Waals surface area contributed by atoms with E-state index in [1.54, 1.807) is 17.6 Å². The summed E-state index contributed by atoms with van der Waals surface area (Å²) in [5.41, 5.74) is 8.54. The minimum atomic E-state index is 0.581. The molecule has 0 aliphatic carbocycles. The van der Waals surface area contributed by atoms with E-state index in [0.717, 1.165) is 26.7 Å². The molecule has 26 heavy (non-hydrogen) atoms. The van der Waals surface area contributed by atoms with Gasteiger partial charge in [-0.25, -0.2) is 0 Å². The van der Waals surface area contributed by atoms with E-state index in [-0.39, 0.29) is 0 Å². The molecule has 0 radical (unpaired) electrons. The summed E-state index contributed by atoms with van der Waals surface area (Å²) in [7, 11) is 0. The van der Waals surface area contributed by atoms with Gasteiger partial charge in [0.05, 0.1) is 10.6 Å². The van der Waals surface area contributed by atoms with E-state index in [9.17, 15) is 0 Å². The summed E-state index contributed by atoms with van der Waals surface area (Å²) >= 11 is 10.8. The van der Waals surface area contributed by atoms with E-state index in [2.05, 4.69) is 36.5 Å². The Kier molecular flexibility index (Phi) is 11.4. The molecule has 0 unspecified atom stereocenters. The summed E-state index contributed by atoms with van der Waals surface area (Å²) in [6, 6.07) is 21.7. The largest absolute Gasteiger partial charge is 0.326 e.